The van der Waals surface area contributed by atoms with Gasteiger partial charge in [0.25, 0.3) is 0 Å². The van der Waals surface area contributed by atoms with Gasteiger partial charge in [-0.15, -0.1) is 0 Å². The third-order valence-electron chi connectivity index (χ3n) is 3.18. The highest BCUT2D eigenvalue weighted by Gasteiger charge is 2.11. The molecule has 88 valence electrons. The van der Waals surface area contributed by atoms with Crippen LogP contribution in [-0.2, 0) is 11.3 Å². The van der Waals surface area contributed by atoms with Crippen LogP contribution in [0.25, 0.3) is 0 Å². The predicted octanol–water partition coefficient (Wildman–Crippen LogP) is 2.59. The summed E-state index contributed by atoms with van der Waals surface area (Å²) in [4.78, 5) is 0. The van der Waals surface area contributed by atoms with E-state index < -0.39 is 0 Å². The van der Waals surface area contributed by atoms with E-state index in [-0.39, 0.29) is 0 Å². The van der Waals surface area contributed by atoms with E-state index in [4.69, 9.17) is 4.74 Å². The molecule has 0 radical (unpaired) electrons. The van der Waals surface area contributed by atoms with E-state index >= 15 is 0 Å². The van der Waals surface area contributed by atoms with Crippen molar-refractivity contribution in [1.29, 1.82) is 0 Å². The van der Waals surface area contributed by atoms with Crippen LogP contribution < -0.4 is 5.32 Å². The molecule has 0 spiro atoms. The first kappa shape index (κ1) is 11.6. The molecule has 1 heterocycles. The van der Waals surface area contributed by atoms with Gasteiger partial charge in [0.1, 0.15) is 0 Å². The summed E-state index contributed by atoms with van der Waals surface area (Å²) in [5, 5.41) is 3.44. The molecule has 0 aliphatic carbocycles. The molecule has 0 unspecified atom stereocenters. The number of ether oxygens (including phenoxy) is 1. The number of hydrogen-bond acceptors (Lipinski definition) is 2. The number of hydrogen-bond donors (Lipinski definition) is 1. The fraction of sp³-hybridized carbons (Fsp3) is 0.571. The Hall–Kier alpha value is -0.860. The van der Waals surface area contributed by atoms with Crippen LogP contribution in [0.5, 0.6) is 0 Å². The number of piperidine rings is 1. The average Bonchev–Trinajstić information content (AvgIpc) is 2.37. The van der Waals surface area contributed by atoms with Gasteiger partial charge >= 0.3 is 0 Å². The molecule has 0 saturated carbocycles. The van der Waals surface area contributed by atoms with Crippen molar-refractivity contribution < 1.29 is 4.74 Å². The van der Waals surface area contributed by atoms with E-state index in [1.165, 1.54) is 37.9 Å². The summed E-state index contributed by atoms with van der Waals surface area (Å²) in [5.74, 6) is 0.824. The molecule has 2 nitrogen and oxygen atoms in total. The standard InChI is InChI=1S/C14H21NO/c1-2-5-14(6-3-1)12-16-10-8-13-7-4-9-15-11-13/h1-3,5-6,13,15H,4,7-12H2/t13-/m0/s1. The van der Waals surface area contributed by atoms with Gasteiger partial charge in [-0.3, -0.25) is 0 Å². The molecule has 1 atom stereocenters. The van der Waals surface area contributed by atoms with E-state index in [9.17, 15) is 0 Å². The van der Waals surface area contributed by atoms with Crippen LogP contribution in [0, 0.1) is 5.92 Å². The molecule has 1 aromatic carbocycles. The van der Waals surface area contributed by atoms with Gasteiger partial charge in [-0.1, -0.05) is 30.3 Å². The zero-order chi connectivity index (χ0) is 11.1. The van der Waals surface area contributed by atoms with E-state index in [2.05, 4.69) is 29.6 Å². The van der Waals surface area contributed by atoms with Crippen LogP contribution >= 0.6 is 0 Å². The van der Waals surface area contributed by atoms with Gasteiger partial charge in [-0.05, 0) is 43.8 Å². The lowest BCUT2D eigenvalue weighted by Crippen LogP contribution is -2.30. The summed E-state index contributed by atoms with van der Waals surface area (Å²) in [7, 11) is 0. The zero-order valence-corrected chi connectivity index (χ0v) is 9.82. The lowest BCUT2D eigenvalue weighted by atomic mass is 9.97. The van der Waals surface area contributed by atoms with Crippen LogP contribution in [0.15, 0.2) is 30.3 Å². The summed E-state index contributed by atoms with van der Waals surface area (Å²) < 4.78 is 5.69. The molecule has 2 rings (SSSR count). The van der Waals surface area contributed by atoms with Crippen molar-refractivity contribution in [1.82, 2.24) is 5.32 Å². The monoisotopic (exact) mass is 219 g/mol. The van der Waals surface area contributed by atoms with Gasteiger partial charge in [0.15, 0.2) is 0 Å². The minimum atomic E-state index is 0.751. The SMILES string of the molecule is c1ccc(COCC[C@@H]2CCCNC2)cc1. The maximum atomic E-state index is 5.69. The maximum Gasteiger partial charge on any atom is 0.0716 e. The Bertz CT molecular complexity index is 280. The normalized spacial score (nSPS) is 20.9. The molecule has 1 N–H and O–H groups in total. The summed E-state index contributed by atoms with van der Waals surface area (Å²) in [6, 6.07) is 10.4. The third kappa shape index (κ3) is 3.95. The van der Waals surface area contributed by atoms with Crippen molar-refractivity contribution in [2.24, 2.45) is 5.92 Å². The Labute approximate surface area is 98.0 Å². The topological polar surface area (TPSA) is 21.3 Å². The minimum Gasteiger partial charge on any atom is -0.377 e. The quantitative estimate of drug-likeness (QED) is 0.769. The molecule has 2 heteroatoms. The largest absolute Gasteiger partial charge is 0.377 e. The Morgan fingerprint density at radius 2 is 2.12 bits per heavy atom. The van der Waals surface area contributed by atoms with Gasteiger partial charge in [0, 0.05) is 6.61 Å². The summed E-state index contributed by atoms with van der Waals surface area (Å²) in [5.41, 5.74) is 1.27. The summed E-state index contributed by atoms with van der Waals surface area (Å²) >= 11 is 0. The van der Waals surface area contributed by atoms with Crippen molar-refractivity contribution >= 4 is 0 Å². The van der Waals surface area contributed by atoms with Gasteiger partial charge in [0.2, 0.25) is 0 Å². The number of rotatable bonds is 5. The molecule has 1 aromatic rings. The number of nitrogens with one attached hydrogen (secondary N) is 1. The Morgan fingerprint density at radius 1 is 1.25 bits per heavy atom. The van der Waals surface area contributed by atoms with Gasteiger partial charge in [-0.2, -0.15) is 0 Å². The summed E-state index contributed by atoms with van der Waals surface area (Å²) in [6.07, 6.45) is 3.88. The van der Waals surface area contributed by atoms with Crippen molar-refractivity contribution in [2.45, 2.75) is 25.9 Å². The van der Waals surface area contributed by atoms with Crippen molar-refractivity contribution in [3.05, 3.63) is 35.9 Å². The predicted molar refractivity (Wildman–Crippen MR) is 66.3 cm³/mol. The Balaban J connectivity index is 1.58. The third-order valence-corrected chi connectivity index (χ3v) is 3.18. The van der Waals surface area contributed by atoms with Gasteiger partial charge in [-0.25, -0.2) is 0 Å². The molecule has 16 heavy (non-hydrogen) atoms. The Kier molecular flexibility index (Phi) is 4.84. The van der Waals surface area contributed by atoms with Crippen LogP contribution in [0.1, 0.15) is 24.8 Å². The highest BCUT2D eigenvalue weighted by molar-refractivity contribution is 5.13. The van der Waals surface area contributed by atoms with E-state index in [1.807, 2.05) is 6.07 Å². The molecule has 0 bridgehead atoms. The lowest BCUT2D eigenvalue weighted by molar-refractivity contribution is 0.103. The molecule has 1 saturated heterocycles. The van der Waals surface area contributed by atoms with E-state index in [0.717, 1.165) is 19.1 Å². The smallest absolute Gasteiger partial charge is 0.0716 e. The van der Waals surface area contributed by atoms with Crippen molar-refractivity contribution in [3.8, 4) is 0 Å². The van der Waals surface area contributed by atoms with Gasteiger partial charge in [0.05, 0.1) is 6.61 Å². The van der Waals surface area contributed by atoms with Crippen molar-refractivity contribution in [2.75, 3.05) is 19.7 Å². The average molecular weight is 219 g/mol. The first-order valence-electron chi connectivity index (χ1n) is 6.27. The molecule has 1 fully saturated rings. The van der Waals surface area contributed by atoms with Crippen LogP contribution in [0.3, 0.4) is 0 Å². The molecule has 0 aromatic heterocycles. The fourth-order valence-electron chi connectivity index (χ4n) is 2.18. The first-order valence-corrected chi connectivity index (χ1v) is 6.27. The van der Waals surface area contributed by atoms with Crippen LogP contribution in [-0.4, -0.2) is 19.7 Å². The van der Waals surface area contributed by atoms with Crippen LogP contribution in [0.2, 0.25) is 0 Å². The fourth-order valence-corrected chi connectivity index (χ4v) is 2.18. The Morgan fingerprint density at radius 3 is 2.88 bits per heavy atom. The minimum absolute atomic E-state index is 0.751. The van der Waals surface area contributed by atoms with Crippen molar-refractivity contribution in [3.63, 3.8) is 0 Å². The highest BCUT2D eigenvalue weighted by Crippen LogP contribution is 2.14. The number of benzene rings is 1. The lowest BCUT2D eigenvalue weighted by Gasteiger charge is -2.22. The first-order chi connectivity index (χ1) is 7.95. The van der Waals surface area contributed by atoms with Crippen LogP contribution in [0.4, 0.5) is 0 Å². The molecular formula is C14H21NO. The molecule has 1 aliphatic rings. The highest BCUT2D eigenvalue weighted by atomic mass is 16.5. The second kappa shape index (κ2) is 6.66. The molecule has 1 aliphatic heterocycles. The van der Waals surface area contributed by atoms with E-state index in [1.54, 1.807) is 0 Å². The zero-order valence-electron chi connectivity index (χ0n) is 9.82. The summed E-state index contributed by atoms with van der Waals surface area (Å²) in [6.45, 7) is 4.01. The van der Waals surface area contributed by atoms with Gasteiger partial charge < -0.3 is 10.1 Å². The molecule has 0 amide bonds. The second-order valence-electron chi connectivity index (χ2n) is 4.54. The maximum absolute atomic E-state index is 5.69. The van der Waals surface area contributed by atoms with E-state index in [0.29, 0.717) is 0 Å². The second-order valence-corrected chi connectivity index (χ2v) is 4.54. The molecular weight excluding hydrogens is 198 g/mol.